The highest BCUT2D eigenvalue weighted by molar-refractivity contribution is 6.22. The summed E-state index contributed by atoms with van der Waals surface area (Å²) in [4.78, 5) is 36.3. The van der Waals surface area contributed by atoms with Gasteiger partial charge in [-0.15, -0.1) is 5.06 Å². The van der Waals surface area contributed by atoms with Crippen LogP contribution < -0.4 is 0 Å². The van der Waals surface area contributed by atoms with Crippen molar-refractivity contribution in [2.75, 3.05) is 0 Å². The fourth-order valence-corrected chi connectivity index (χ4v) is 0.774. The van der Waals surface area contributed by atoms with E-state index in [1.165, 1.54) is 0 Å². The second-order valence-electron chi connectivity index (χ2n) is 2.14. The smallest absolute Gasteiger partial charge is 0.324 e. The lowest BCUT2D eigenvalue weighted by Crippen LogP contribution is -2.32. The maximum Gasteiger partial charge on any atom is 0.374 e. The Labute approximate surface area is 67.6 Å². The van der Waals surface area contributed by atoms with E-state index >= 15 is 0 Å². The fraction of sp³-hybridized carbons (Fsp3) is 0.333. The molecule has 1 saturated heterocycles. The molecule has 0 spiro atoms. The average Bonchev–Trinajstić information content (AvgIpc) is 2.35. The molecule has 0 bridgehead atoms. The lowest BCUT2D eigenvalue weighted by molar-refractivity contribution is -0.191. The van der Waals surface area contributed by atoms with Crippen molar-refractivity contribution in [1.29, 1.82) is 5.41 Å². The topological polar surface area (TPSA) is 87.5 Å². The van der Waals surface area contributed by atoms with Crippen LogP contribution in [0.5, 0.6) is 0 Å². The van der Waals surface area contributed by atoms with Gasteiger partial charge in [-0.2, -0.15) is 0 Å². The van der Waals surface area contributed by atoms with Gasteiger partial charge >= 0.3 is 5.97 Å². The molecule has 0 aromatic heterocycles. The molecule has 1 N–H and O–H groups in total. The Kier molecular flexibility index (Phi) is 2.18. The first-order chi connectivity index (χ1) is 5.65. The molecule has 1 rings (SSSR count). The van der Waals surface area contributed by atoms with Crippen LogP contribution in [-0.2, 0) is 19.2 Å². The van der Waals surface area contributed by atoms with Crippen LogP contribution in [0.3, 0.4) is 0 Å². The SMILES string of the molecule is N=CC(=O)ON1C(=O)CCC1=O. The summed E-state index contributed by atoms with van der Waals surface area (Å²) < 4.78 is 0. The monoisotopic (exact) mass is 170 g/mol. The predicted octanol–water partition coefficient (Wildman–Crippen LogP) is -0.757. The molecule has 0 aromatic carbocycles. The maximum atomic E-state index is 10.8. The molecule has 1 fully saturated rings. The number of hydrogen-bond acceptors (Lipinski definition) is 5. The zero-order chi connectivity index (χ0) is 9.14. The van der Waals surface area contributed by atoms with Crippen LogP contribution in [0.25, 0.3) is 0 Å². The van der Waals surface area contributed by atoms with Gasteiger partial charge in [-0.25, -0.2) is 4.79 Å². The van der Waals surface area contributed by atoms with Crippen molar-refractivity contribution in [3.8, 4) is 0 Å². The molecule has 0 atom stereocenters. The van der Waals surface area contributed by atoms with Gasteiger partial charge in [0, 0.05) is 12.8 Å². The van der Waals surface area contributed by atoms with Crippen molar-refractivity contribution in [2.45, 2.75) is 12.8 Å². The van der Waals surface area contributed by atoms with E-state index in [4.69, 9.17) is 5.41 Å². The van der Waals surface area contributed by atoms with Crippen LogP contribution in [0.2, 0.25) is 0 Å². The Balaban J connectivity index is 2.61. The summed E-state index contributed by atoms with van der Waals surface area (Å²) in [5, 5.41) is 6.85. The lowest BCUT2D eigenvalue weighted by atomic mass is 10.4. The van der Waals surface area contributed by atoms with Crippen LogP contribution in [0.4, 0.5) is 0 Å². The predicted molar refractivity (Wildman–Crippen MR) is 36.0 cm³/mol. The Morgan fingerprint density at radius 2 is 1.92 bits per heavy atom. The van der Waals surface area contributed by atoms with E-state index in [1.54, 1.807) is 0 Å². The number of nitrogens with one attached hydrogen (secondary N) is 1. The Morgan fingerprint density at radius 1 is 1.42 bits per heavy atom. The fourth-order valence-electron chi connectivity index (χ4n) is 0.774. The van der Waals surface area contributed by atoms with Gasteiger partial charge in [0.05, 0.1) is 0 Å². The summed E-state index contributed by atoms with van der Waals surface area (Å²) in [5.74, 6) is -2.12. The summed E-state index contributed by atoms with van der Waals surface area (Å²) in [5.41, 5.74) is 0. The van der Waals surface area contributed by atoms with Crippen LogP contribution in [0.1, 0.15) is 12.8 Å². The minimum atomic E-state index is -1.03. The lowest BCUT2D eigenvalue weighted by Gasteiger charge is -2.09. The molecule has 64 valence electrons. The molecule has 0 aromatic rings. The van der Waals surface area contributed by atoms with Gasteiger partial charge in [0.1, 0.15) is 6.21 Å². The van der Waals surface area contributed by atoms with Crippen molar-refractivity contribution >= 4 is 24.0 Å². The van der Waals surface area contributed by atoms with Gasteiger partial charge in [0.25, 0.3) is 11.8 Å². The molecule has 0 aliphatic carbocycles. The van der Waals surface area contributed by atoms with Crippen molar-refractivity contribution in [3.05, 3.63) is 0 Å². The zero-order valence-corrected chi connectivity index (χ0v) is 6.07. The maximum absolute atomic E-state index is 10.8. The van der Waals surface area contributed by atoms with Gasteiger partial charge in [-0.3, -0.25) is 9.59 Å². The van der Waals surface area contributed by atoms with E-state index in [0.717, 1.165) is 0 Å². The standard InChI is InChI=1S/C6H6N2O4/c7-3-6(11)12-8-4(9)1-2-5(8)10/h3,7H,1-2H2. The summed E-state index contributed by atoms with van der Waals surface area (Å²) in [6.45, 7) is 0. The highest BCUT2D eigenvalue weighted by Gasteiger charge is 2.32. The molecule has 1 aliphatic rings. The third-order valence-corrected chi connectivity index (χ3v) is 1.30. The molecule has 1 aliphatic heterocycles. The van der Waals surface area contributed by atoms with E-state index < -0.39 is 17.8 Å². The van der Waals surface area contributed by atoms with E-state index in [-0.39, 0.29) is 12.8 Å². The van der Waals surface area contributed by atoms with Crippen molar-refractivity contribution in [3.63, 3.8) is 0 Å². The second kappa shape index (κ2) is 3.12. The molecule has 2 amide bonds. The number of hydroxylamine groups is 2. The first-order valence-corrected chi connectivity index (χ1v) is 3.23. The first-order valence-electron chi connectivity index (χ1n) is 3.23. The van der Waals surface area contributed by atoms with Crippen LogP contribution >= 0.6 is 0 Å². The molecule has 1 heterocycles. The Morgan fingerprint density at radius 3 is 2.33 bits per heavy atom. The van der Waals surface area contributed by atoms with Crippen molar-refractivity contribution in [2.24, 2.45) is 0 Å². The average molecular weight is 170 g/mol. The minimum absolute atomic E-state index is 0.0596. The molecule has 6 heteroatoms. The number of carbonyl (C=O) groups is 3. The summed E-state index contributed by atoms with van der Waals surface area (Å²) in [7, 11) is 0. The number of nitrogens with zero attached hydrogens (tertiary/aromatic N) is 1. The molecule has 6 nitrogen and oxygen atoms in total. The van der Waals surface area contributed by atoms with Crippen LogP contribution in [0.15, 0.2) is 0 Å². The number of carbonyl (C=O) groups excluding carboxylic acids is 3. The zero-order valence-electron chi connectivity index (χ0n) is 6.07. The number of hydrogen-bond donors (Lipinski definition) is 1. The third-order valence-electron chi connectivity index (χ3n) is 1.30. The number of amides is 2. The Hall–Kier alpha value is -1.72. The number of imide groups is 1. The van der Waals surface area contributed by atoms with Crippen molar-refractivity contribution < 1.29 is 19.2 Å². The van der Waals surface area contributed by atoms with Gasteiger partial charge in [0.2, 0.25) is 0 Å². The molecular weight excluding hydrogens is 164 g/mol. The quantitative estimate of drug-likeness (QED) is 0.436. The van der Waals surface area contributed by atoms with Crippen molar-refractivity contribution in [1.82, 2.24) is 5.06 Å². The second-order valence-corrected chi connectivity index (χ2v) is 2.14. The highest BCUT2D eigenvalue weighted by Crippen LogP contribution is 2.11. The largest absolute Gasteiger partial charge is 0.374 e. The molecular formula is C6H6N2O4. The van der Waals surface area contributed by atoms with Gasteiger partial charge in [-0.1, -0.05) is 0 Å². The third kappa shape index (κ3) is 1.47. The Bertz CT molecular complexity index is 244. The van der Waals surface area contributed by atoms with Crippen LogP contribution in [0, 0.1) is 5.41 Å². The van der Waals surface area contributed by atoms with E-state index in [1.807, 2.05) is 0 Å². The number of rotatable bonds is 2. The van der Waals surface area contributed by atoms with Gasteiger partial charge in [0.15, 0.2) is 0 Å². The van der Waals surface area contributed by atoms with Gasteiger partial charge < -0.3 is 10.2 Å². The summed E-state index contributed by atoms with van der Waals surface area (Å²) in [6, 6.07) is 0. The van der Waals surface area contributed by atoms with E-state index in [0.29, 0.717) is 11.3 Å². The first kappa shape index (κ1) is 8.38. The summed E-state index contributed by atoms with van der Waals surface area (Å²) >= 11 is 0. The highest BCUT2D eigenvalue weighted by atomic mass is 16.7. The molecule has 0 unspecified atom stereocenters. The minimum Gasteiger partial charge on any atom is -0.324 e. The van der Waals surface area contributed by atoms with Gasteiger partial charge in [-0.05, 0) is 0 Å². The summed E-state index contributed by atoms with van der Waals surface area (Å²) in [6.07, 6.45) is 0.507. The van der Waals surface area contributed by atoms with E-state index in [9.17, 15) is 14.4 Å². The molecule has 0 saturated carbocycles. The molecule has 12 heavy (non-hydrogen) atoms. The molecule has 0 radical (unpaired) electrons. The van der Waals surface area contributed by atoms with E-state index in [2.05, 4.69) is 4.84 Å². The van der Waals surface area contributed by atoms with Crippen LogP contribution in [-0.4, -0.2) is 29.1 Å². The normalized spacial score (nSPS) is 16.5.